The van der Waals surface area contributed by atoms with Gasteiger partial charge in [-0.05, 0) is 0 Å². The summed E-state index contributed by atoms with van der Waals surface area (Å²) in [5, 5.41) is 0. The van der Waals surface area contributed by atoms with Crippen LogP contribution in [0.1, 0.15) is 89.1 Å². The molecular formula is C44H48SiZr. The Morgan fingerprint density at radius 2 is 1.07 bits per heavy atom. The zero-order valence-electron chi connectivity index (χ0n) is 28.9. The SMILES string of the molecule is CC1=Cc2c(-c3ccccc3)cccc2[CH]1[Zr]([CH3])(=[SiH2])([c]1ccccc1)[CH]1c2cc(C(C)(C)C)ccc2-c2ccc(C(C)(C)C)cc21. The maximum absolute atomic E-state index is 4.27. The van der Waals surface area contributed by atoms with Crippen LogP contribution < -0.4 is 3.27 Å². The first-order valence-corrected chi connectivity index (χ1v) is 29.4. The fourth-order valence-corrected chi connectivity index (χ4v) is 32.9. The predicted molar refractivity (Wildman–Crippen MR) is 200 cm³/mol. The molecule has 0 amide bonds. The molecule has 5 aromatic rings. The quantitative estimate of drug-likeness (QED) is 0.164. The van der Waals surface area contributed by atoms with E-state index in [1.54, 1.807) is 14.4 Å². The Morgan fingerprint density at radius 3 is 1.59 bits per heavy atom. The van der Waals surface area contributed by atoms with Gasteiger partial charge in [-0.25, -0.2) is 0 Å². The summed E-state index contributed by atoms with van der Waals surface area (Å²) in [6, 6.07) is 44.8. The van der Waals surface area contributed by atoms with Crippen molar-refractivity contribution in [1.82, 2.24) is 0 Å². The van der Waals surface area contributed by atoms with Gasteiger partial charge in [0.2, 0.25) is 0 Å². The first-order valence-electron chi connectivity index (χ1n) is 17.0. The van der Waals surface area contributed by atoms with Gasteiger partial charge in [0.15, 0.2) is 0 Å². The Bertz CT molecular complexity index is 2020. The van der Waals surface area contributed by atoms with E-state index in [4.69, 9.17) is 0 Å². The Hall–Kier alpha value is -3.06. The summed E-state index contributed by atoms with van der Waals surface area (Å²) in [5.74, 6) is 0. The van der Waals surface area contributed by atoms with Crippen LogP contribution in [-0.2, 0) is 28.2 Å². The van der Waals surface area contributed by atoms with Gasteiger partial charge in [0.25, 0.3) is 0 Å². The van der Waals surface area contributed by atoms with E-state index < -0.39 is 17.4 Å². The molecule has 0 saturated heterocycles. The van der Waals surface area contributed by atoms with Crippen molar-refractivity contribution in [3.63, 3.8) is 0 Å². The maximum atomic E-state index is 2.80. The molecule has 0 nitrogen and oxygen atoms in total. The van der Waals surface area contributed by atoms with Crippen LogP contribution in [0.25, 0.3) is 28.3 Å². The summed E-state index contributed by atoms with van der Waals surface area (Å²) < 4.78 is 5.15. The van der Waals surface area contributed by atoms with Crippen molar-refractivity contribution in [1.29, 1.82) is 0 Å². The Morgan fingerprint density at radius 1 is 0.543 bits per heavy atom. The third-order valence-electron chi connectivity index (χ3n) is 11.3. The minimum atomic E-state index is -4.27. The van der Waals surface area contributed by atoms with Gasteiger partial charge in [-0.1, -0.05) is 0 Å². The number of allylic oxidation sites excluding steroid dienone is 1. The van der Waals surface area contributed by atoms with Gasteiger partial charge in [-0.3, -0.25) is 0 Å². The molecule has 7 rings (SSSR count). The van der Waals surface area contributed by atoms with Crippen molar-refractivity contribution < 1.29 is 17.4 Å². The standard InChI is InChI=1S/C21H25.C16H13.C6H5.CH3.H2Si.Zr/c1-20(2,3)16-7-9-18-14(12-16)11-15-13-17(21(4,5)6)8-10-19(15)18;1-12-10-14-8-5-9-15(16(14)11-12)13-6-3-2-4-7-13;1-2-4-6-5-3-1;;;/h7-13H,1-6H3;2-11H,1H3;1-5H;1H3;1H2;. The summed E-state index contributed by atoms with van der Waals surface area (Å²) in [5.41, 5.74) is 16.1. The van der Waals surface area contributed by atoms with Gasteiger partial charge in [-0.15, -0.1) is 0 Å². The molecule has 2 aliphatic carbocycles. The normalized spacial score (nSPS) is 16.5. The van der Waals surface area contributed by atoms with Gasteiger partial charge in [0.05, 0.1) is 0 Å². The topological polar surface area (TPSA) is 0 Å². The van der Waals surface area contributed by atoms with Crippen LogP contribution in [-0.4, -0.2) is 6.88 Å². The van der Waals surface area contributed by atoms with E-state index in [-0.39, 0.29) is 10.8 Å². The van der Waals surface area contributed by atoms with E-state index in [2.05, 4.69) is 181 Å². The fraction of sp³-hybridized carbons (Fsp3) is 0.273. The molecule has 0 fully saturated rings. The molecule has 0 N–H and O–H groups in total. The van der Waals surface area contributed by atoms with Crippen molar-refractivity contribution in [2.24, 2.45) is 0 Å². The molecule has 1 atom stereocenters. The van der Waals surface area contributed by atoms with E-state index in [1.165, 1.54) is 50.1 Å². The molecule has 0 saturated carbocycles. The van der Waals surface area contributed by atoms with Crippen molar-refractivity contribution in [3.05, 3.63) is 154 Å². The molecule has 2 aliphatic rings. The summed E-state index contributed by atoms with van der Waals surface area (Å²) in [4.78, 5) is 0. The van der Waals surface area contributed by atoms with E-state index in [9.17, 15) is 0 Å². The van der Waals surface area contributed by atoms with Crippen molar-refractivity contribution in [3.8, 4) is 22.3 Å². The third-order valence-corrected chi connectivity index (χ3v) is 34.8. The fourth-order valence-electron chi connectivity index (χ4n) is 8.96. The average molecular weight is 696 g/mol. The molecule has 232 valence electrons. The number of fused-ring (bicyclic) bond motifs is 4. The number of hydrogen-bond donors (Lipinski definition) is 0. The third kappa shape index (κ3) is 4.78. The van der Waals surface area contributed by atoms with Crippen molar-refractivity contribution in [2.75, 3.05) is 0 Å². The molecule has 0 aromatic heterocycles. The van der Waals surface area contributed by atoms with Gasteiger partial charge in [0.1, 0.15) is 0 Å². The van der Waals surface area contributed by atoms with Crippen molar-refractivity contribution in [2.45, 2.75) is 71.2 Å². The zero-order chi connectivity index (χ0) is 32.7. The molecule has 0 radical (unpaired) electrons. The molecule has 1 unspecified atom stereocenters. The van der Waals surface area contributed by atoms with Crippen LogP contribution in [0.3, 0.4) is 0 Å². The Balaban J connectivity index is 1.58. The van der Waals surface area contributed by atoms with E-state index in [1.807, 2.05) is 0 Å². The molecule has 0 aliphatic heterocycles. The second-order valence-corrected chi connectivity index (χ2v) is 42.9. The summed E-state index contributed by atoms with van der Waals surface area (Å²) >= 11 is -4.27. The Kier molecular flexibility index (Phi) is 7.36. The average Bonchev–Trinajstić information content (AvgIpc) is 3.55. The van der Waals surface area contributed by atoms with Crippen LogP contribution in [0.15, 0.2) is 121 Å². The number of rotatable bonds is 4. The summed E-state index contributed by atoms with van der Waals surface area (Å²) in [6.07, 6.45) is 2.55. The van der Waals surface area contributed by atoms with Crippen LogP contribution >= 0.6 is 0 Å². The zero-order valence-corrected chi connectivity index (χ0v) is 32.8. The van der Waals surface area contributed by atoms with Gasteiger partial charge >= 0.3 is 281 Å². The van der Waals surface area contributed by atoms with E-state index in [0.717, 1.165) is 0 Å². The van der Waals surface area contributed by atoms with Gasteiger partial charge in [0, 0.05) is 0 Å². The summed E-state index contributed by atoms with van der Waals surface area (Å²) in [6.45, 7) is 19.0. The second-order valence-electron chi connectivity index (χ2n) is 16.6. The van der Waals surface area contributed by atoms with E-state index >= 15 is 0 Å². The molecule has 46 heavy (non-hydrogen) atoms. The monoisotopic (exact) mass is 694 g/mol. The first kappa shape index (κ1) is 31.5. The Labute approximate surface area is 279 Å². The van der Waals surface area contributed by atoms with Crippen LogP contribution in [0.4, 0.5) is 0 Å². The molecule has 0 spiro atoms. The molecule has 5 aromatic carbocycles. The van der Waals surface area contributed by atoms with E-state index in [0.29, 0.717) is 7.25 Å². The van der Waals surface area contributed by atoms with Crippen LogP contribution in [0.2, 0.25) is 4.63 Å². The van der Waals surface area contributed by atoms with Gasteiger partial charge < -0.3 is 0 Å². The first-order chi connectivity index (χ1) is 21.7. The minimum absolute atomic E-state index is 0.0765. The number of hydrogen-bond acceptors (Lipinski definition) is 0. The van der Waals surface area contributed by atoms with Crippen LogP contribution in [0.5, 0.6) is 0 Å². The number of benzene rings is 5. The second kappa shape index (κ2) is 10.7. The van der Waals surface area contributed by atoms with Crippen LogP contribution in [0, 0.1) is 0 Å². The molecule has 0 heterocycles. The molecule has 0 bridgehead atoms. The summed E-state index contributed by atoms with van der Waals surface area (Å²) in [7, 11) is 0. The molecular weight excluding hydrogens is 648 g/mol. The van der Waals surface area contributed by atoms with Gasteiger partial charge in [-0.2, -0.15) is 0 Å². The predicted octanol–water partition coefficient (Wildman–Crippen LogP) is 10.8. The van der Waals surface area contributed by atoms with Crippen molar-refractivity contribution >= 4 is 16.2 Å². The molecule has 2 heteroatoms.